The van der Waals surface area contributed by atoms with Gasteiger partial charge in [-0.25, -0.2) is 0 Å². The molecular formula is C16H16N2O. The molecule has 0 radical (unpaired) electrons. The fourth-order valence-electron chi connectivity index (χ4n) is 2.01. The van der Waals surface area contributed by atoms with Gasteiger partial charge in [0, 0.05) is 24.2 Å². The maximum Gasteiger partial charge on any atom is 0.223 e. The highest BCUT2D eigenvalue weighted by molar-refractivity contribution is 5.80. The van der Waals surface area contributed by atoms with Crippen LogP contribution in [-0.2, 0) is 11.3 Å². The van der Waals surface area contributed by atoms with Gasteiger partial charge in [-0.05, 0) is 30.5 Å². The van der Waals surface area contributed by atoms with E-state index in [1.165, 1.54) is 0 Å². The van der Waals surface area contributed by atoms with Gasteiger partial charge < -0.3 is 5.32 Å². The van der Waals surface area contributed by atoms with Crippen LogP contribution < -0.4 is 5.32 Å². The van der Waals surface area contributed by atoms with E-state index in [-0.39, 0.29) is 11.8 Å². The summed E-state index contributed by atoms with van der Waals surface area (Å²) in [5.41, 5.74) is 3.18. The van der Waals surface area contributed by atoms with Crippen LogP contribution in [0.4, 0.5) is 0 Å². The number of nitrogens with zero attached hydrogens (tertiary/aromatic N) is 1. The van der Waals surface area contributed by atoms with E-state index in [0.717, 1.165) is 29.7 Å². The molecule has 3 nitrogen and oxygen atoms in total. The van der Waals surface area contributed by atoms with Crippen LogP contribution in [0.25, 0.3) is 11.3 Å². The molecule has 2 aromatic rings. The van der Waals surface area contributed by atoms with Gasteiger partial charge >= 0.3 is 0 Å². The lowest BCUT2D eigenvalue weighted by Crippen LogP contribution is -2.24. The van der Waals surface area contributed by atoms with E-state index < -0.39 is 0 Å². The number of hydrogen-bond donors (Lipinski definition) is 1. The molecule has 1 aromatic carbocycles. The molecular weight excluding hydrogens is 236 g/mol. The molecule has 19 heavy (non-hydrogen) atoms. The average molecular weight is 252 g/mol. The van der Waals surface area contributed by atoms with Gasteiger partial charge in [-0.15, -0.1) is 0 Å². The fourth-order valence-corrected chi connectivity index (χ4v) is 2.01. The van der Waals surface area contributed by atoms with Gasteiger partial charge in [0.25, 0.3) is 0 Å². The maximum absolute atomic E-state index is 11.5. The van der Waals surface area contributed by atoms with Crippen molar-refractivity contribution < 1.29 is 4.79 Å². The van der Waals surface area contributed by atoms with Crippen molar-refractivity contribution in [2.75, 3.05) is 0 Å². The van der Waals surface area contributed by atoms with Gasteiger partial charge in [0.2, 0.25) is 5.91 Å². The molecule has 1 fully saturated rings. The van der Waals surface area contributed by atoms with E-state index in [1.807, 2.05) is 42.5 Å². The first-order valence-corrected chi connectivity index (χ1v) is 6.61. The zero-order valence-corrected chi connectivity index (χ0v) is 10.7. The number of aromatic nitrogens is 1. The summed E-state index contributed by atoms with van der Waals surface area (Å²) in [5, 5.41) is 2.97. The normalized spacial score (nSPS) is 14.1. The van der Waals surface area contributed by atoms with Gasteiger partial charge in [-0.1, -0.05) is 30.3 Å². The quantitative estimate of drug-likeness (QED) is 0.909. The third-order valence-corrected chi connectivity index (χ3v) is 3.33. The lowest BCUT2D eigenvalue weighted by Gasteiger charge is -2.05. The van der Waals surface area contributed by atoms with Gasteiger partial charge in [0.1, 0.15) is 0 Å². The largest absolute Gasteiger partial charge is 0.352 e. The summed E-state index contributed by atoms with van der Waals surface area (Å²) in [5.74, 6) is 0.460. The SMILES string of the molecule is O=C(NCc1ccc(-c2ccccn2)cc1)C1CC1. The standard InChI is InChI=1S/C16H16N2O/c19-16(14-8-9-14)18-11-12-4-6-13(7-5-12)15-3-1-2-10-17-15/h1-7,10,14H,8-9,11H2,(H,18,19). The van der Waals surface area contributed by atoms with E-state index in [2.05, 4.69) is 10.3 Å². The highest BCUT2D eigenvalue weighted by Gasteiger charge is 2.29. The Morgan fingerprint density at radius 2 is 1.95 bits per heavy atom. The van der Waals surface area contributed by atoms with Crippen LogP contribution in [-0.4, -0.2) is 10.9 Å². The van der Waals surface area contributed by atoms with Crippen LogP contribution in [0.2, 0.25) is 0 Å². The number of nitrogens with one attached hydrogen (secondary N) is 1. The lowest BCUT2D eigenvalue weighted by molar-refractivity contribution is -0.122. The molecule has 1 heterocycles. The van der Waals surface area contributed by atoms with Gasteiger partial charge in [0.05, 0.1) is 5.69 Å². The summed E-state index contributed by atoms with van der Waals surface area (Å²) < 4.78 is 0. The molecule has 0 unspecified atom stereocenters. The Balaban J connectivity index is 1.64. The molecule has 1 saturated carbocycles. The minimum absolute atomic E-state index is 0.189. The molecule has 1 amide bonds. The Morgan fingerprint density at radius 1 is 1.16 bits per heavy atom. The van der Waals surface area contributed by atoms with Crippen molar-refractivity contribution in [2.24, 2.45) is 5.92 Å². The second-order valence-electron chi connectivity index (χ2n) is 4.90. The molecule has 96 valence electrons. The van der Waals surface area contributed by atoms with E-state index in [1.54, 1.807) is 6.20 Å². The predicted octanol–water partition coefficient (Wildman–Crippen LogP) is 2.77. The van der Waals surface area contributed by atoms with Gasteiger partial charge in [-0.3, -0.25) is 9.78 Å². The molecule has 1 aliphatic rings. The number of amides is 1. The number of rotatable bonds is 4. The predicted molar refractivity (Wildman–Crippen MR) is 74.2 cm³/mol. The molecule has 0 saturated heterocycles. The molecule has 0 atom stereocenters. The highest BCUT2D eigenvalue weighted by Crippen LogP contribution is 2.28. The van der Waals surface area contributed by atoms with Crippen molar-refractivity contribution in [2.45, 2.75) is 19.4 Å². The Morgan fingerprint density at radius 3 is 2.58 bits per heavy atom. The lowest BCUT2D eigenvalue weighted by atomic mass is 10.1. The average Bonchev–Trinajstić information content (AvgIpc) is 3.31. The minimum Gasteiger partial charge on any atom is -0.352 e. The summed E-state index contributed by atoms with van der Waals surface area (Å²) in [6, 6.07) is 14.0. The Bertz CT molecular complexity index is 559. The van der Waals surface area contributed by atoms with Crippen LogP contribution in [0.15, 0.2) is 48.7 Å². The van der Waals surface area contributed by atoms with E-state index >= 15 is 0 Å². The summed E-state index contributed by atoms with van der Waals surface area (Å²) in [4.78, 5) is 15.9. The number of carbonyl (C=O) groups excluding carboxylic acids is 1. The van der Waals surface area contributed by atoms with Crippen LogP contribution in [0.3, 0.4) is 0 Å². The summed E-state index contributed by atoms with van der Waals surface area (Å²) >= 11 is 0. The monoisotopic (exact) mass is 252 g/mol. The van der Waals surface area contributed by atoms with Crippen LogP contribution in [0.1, 0.15) is 18.4 Å². The van der Waals surface area contributed by atoms with Gasteiger partial charge in [0.15, 0.2) is 0 Å². The molecule has 1 N–H and O–H groups in total. The zero-order valence-electron chi connectivity index (χ0n) is 10.7. The van der Waals surface area contributed by atoms with E-state index in [9.17, 15) is 4.79 Å². The maximum atomic E-state index is 11.5. The van der Waals surface area contributed by atoms with Crippen molar-refractivity contribution in [3.63, 3.8) is 0 Å². The van der Waals surface area contributed by atoms with Crippen molar-refractivity contribution in [1.29, 1.82) is 0 Å². The number of benzene rings is 1. The minimum atomic E-state index is 0.189. The van der Waals surface area contributed by atoms with Crippen molar-refractivity contribution in [3.05, 3.63) is 54.2 Å². The van der Waals surface area contributed by atoms with E-state index in [4.69, 9.17) is 0 Å². The second kappa shape index (κ2) is 5.22. The molecule has 0 aliphatic heterocycles. The van der Waals surface area contributed by atoms with Crippen LogP contribution in [0, 0.1) is 5.92 Å². The van der Waals surface area contributed by atoms with Gasteiger partial charge in [-0.2, -0.15) is 0 Å². The first-order chi connectivity index (χ1) is 9.33. The van der Waals surface area contributed by atoms with Crippen LogP contribution >= 0.6 is 0 Å². The third kappa shape index (κ3) is 2.99. The molecule has 3 heteroatoms. The zero-order chi connectivity index (χ0) is 13.1. The molecule has 1 aromatic heterocycles. The summed E-state index contributed by atoms with van der Waals surface area (Å²) in [6.45, 7) is 0.609. The highest BCUT2D eigenvalue weighted by atomic mass is 16.2. The molecule has 1 aliphatic carbocycles. The number of carbonyl (C=O) groups is 1. The topological polar surface area (TPSA) is 42.0 Å². The van der Waals surface area contributed by atoms with Crippen molar-refractivity contribution in [1.82, 2.24) is 10.3 Å². The number of pyridine rings is 1. The summed E-state index contributed by atoms with van der Waals surface area (Å²) in [6.07, 6.45) is 3.88. The van der Waals surface area contributed by atoms with Crippen molar-refractivity contribution >= 4 is 5.91 Å². The Labute approximate surface area is 112 Å². The Kier molecular flexibility index (Phi) is 3.27. The Hall–Kier alpha value is -2.16. The van der Waals surface area contributed by atoms with Crippen LogP contribution in [0.5, 0.6) is 0 Å². The summed E-state index contributed by atoms with van der Waals surface area (Å²) in [7, 11) is 0. The van der Waals surface area contributed by atoms with Crippen molar-refractivity contribution in [3.8, 4) is 11.3 Å². The smallest absolute Gasteiger partial charge is 0.223 e. The fraction of sp³-hybridized carbons (Fsp3) is 0.250. The first-order valence-electron chi connectivity index (χ1n) is 6.61. The second-order valence-corrected chi connectivity index (χ2v) is 4.90. The number of hydrogen-bond acceptors (Lipinski definition) is 2. The molecule has 3 rings (SSSR count). The molecule has 0 bridgehead atoms. The van der Waals surface area contributed by atoms with E-state index in [0.29, 0.717) is 6.54 Å². The third-order valence-electron chi connectivity index (χ3n) is 3.33. The molecule has 0 spiro atoms. The first kappa shape index (κ1) is 11.9.